The van der Waals surface area contributed by atoms with Crippen molar-refractivity contribution < 1.29 is 22.7 Å². The lowest BCUT2D eigenvalue weighted by molar-refractivity contribution is -0.152. The lowest BCUT2D eigenvalue weighted by Gasteiger charge is -2.14. The number of hydrogen-bond donors (Lipinski definition) is 1. The smallest absolute Gasteiger partial charge is 0.450 e. The van der Waals surface area contributed by atoms with Gasteiger partial charge in [-0.2, -0.15) is 13.2 Å². The molecule has 0 radical (unpaired) electrons. The monoisotopic (exact) mass is 320 g/mol. The standard InChI is InChI=1S/C17H11F3O3/c1-9-12(21)8-7-11-14(22)13(10-5-3-2-4-6-10)16(17(18,19)20)23-15(9)11/h2-8,21H,1H3. The van der Waals surface area contributed by atoms with Crippen LogP contribution >= 0.6 is 0 Å². The first-order chi connectivity index (χ1) is 10.8. The summed E-state index contributed by atoms with van der Waals surface area (Å²) in [7, 11) is 0. The molecule has 0 amide bonds. The summed E-state index contributed by atoms with van der Waals surface area (Å²) in [5, 5.41) is 9.64. The van der Waals surface area contributed by atoms with Gasteiger partial charge in [0.15, 0.2) is 0 Å². The predicted molar refractivity (Wildman–Crippen MR) is 79.3 cm³/mol. The van der Waals surface area contributed by atoms with Gasteiger partial charge in [0.05, 0.1) is 10.9 Å². The van der Waals surface area contributed by atoms with E-state index in [0.29, 0.717) is 0 Å². The van der Waals surface area contributed by atoms with Crippen molar-refractivity contribution in [2.75, 3.05) is 0 Å². The Morgan fingerprint density at radius 2 is 1.70 bits per heavy atom. The molecule has 0 atom stereocenters. The summed E-state index contributed by atoms with van der Waals surface area (Å²) in [4.78, 5) is 12.6. The maximum atomic E-state index is 13.4. The van der Waals surface area contributed by atoms with Crippen LogP contribution in [0.3, 0.4) is 0 Å². The number of rotatable bonds is 1. The number of halogens is 3. The van der Waals surface area contributed by atoms with Crippen LogP contribution in [-0.2, 0) is 6.18 Å². The molecule has 0 aliphatic heterocycles. The van der Waals surface area contributed by atoms with Crippen LogP contribution in [0.1, 0.15) is 11.3 Å². The van der Waals surface area contributed by atoms with Gasteiger partial charge in [-0.25, -0.2) is 0 Å². The molecule has 0 bridgehead atoms. The highest BCUT2D eigenvalue weighted by Crippen LogP contribution is 2.38. The van der Waals surface area contributed by atoms with Gasteiger partial charge in [0.2, 0.25) is 11.2 Å². The summed E-state index contributed by atoms with van der Waals surface area (Å²) in [6, 6.07) is 10.1. The number of benzene rings is 2. The minimum atomic E-state index is -4.84. The normalized spacial score (nSPS) is 11.8. The van der Waals surface area contributed by atoms with Crippen molar-refractivity contribution in [3.05, 3.63) is 64.0 Å². The highest BCUT2D eigenvalue weighted by atomic mass is 19.4. The number of phenols is 1. The SMILES string of the molecule is Cc1c(O)ccc2c(=O)c(-c3ccccc3)c(C(F)(F)F)oc12. The molecule has 23 heavy (non-hydrogen) atoms. The Labute approximate surface area is 128 Å². The number of phenolic OH excluding ortho intramolecular Hbond substituents is 1. The number of hydrogen-bond acceptors (Lipinski definition) is 3. The third-order valence-electron chi connectivity index (χ3n) is 3.60. The third-order valence-corrected chi connectivity index (χ3v) is 3.60. The molecule has 0 unspecified atom stereocenters. The average Bonchev–Trinajstić information content (AvgIpc) is 2.51. The molecular formula is C17H11F3O3. The summed E-state index contributed by atoms with van der Waals surface area (Å²) < 4.78 is 45.2. The molecule has 1 aromatic heterocycles. The van der Waals surface area contributed by atoms with E-state index in [0.717, 1.165) is 0 Å². The molecule has 0 aliphatic carbocycles. The Kier molecular flexibility index (Phi) is 3.39. The van der Waals surface area contributed by atoms with Crippen LogP contribution in [-0.4, -0.2) is 5.11 Å². The summed E-state index contributed by atoms with van der Waals surface area (Å²) in [6.45, 7) is 1.39. The fraction of sp³-hybridized carbons (Fsp3) is 0.118. The molecule has 3 rings (SSSR count). The quantitative estimate of drug-likeness (QED) is 0.718. The first-order valence-corrected chi connectivity index (χ1v) is 6.72. The van der Waals surface area contributed by atoms with E-state index in [1.165, 1.54) is 31.2 Å². The molecule has 1 heterocycles. The molecule has 118 valence electrons. The molecule has 3 nitrogen and oxygen atoms in total. The topological polar surface area (TPSA) is 50.4 Å². The van der Waals surface area contributed by atoms with Gasteiger partial charge >= 0.3 is 6.18 Å². The van der Waals surface area contributed by atoms with E-state index in [2.05, 4.69) is 0 Å². The maximum Gasteiger partial charge on any atom is 0.450 e. The zero-order valence-electron chi connectivity index (χ0n) is 11.9. The second kappa shape index (κ2) is 5.15. The van der Waals surface area contributed by atoms with Gasteiger partial charge in [-0.1, -0.05) is 30.3 Å². The van der Waals surface area contributed by atoms with Crippen LogP contribution in [0.5, 0.6) is 5.75 Å². The Morgan fingerprint density at radius 3 is 2.30 bits per heavy atom. The van der Waals surface area contributed by atoms with Crippen molar-refractivity contribution in [3.8, 4) is 16.9 Å². The Balaban J connectivity index is 2.51. The number of alkyl halides is 3. The lowest BCUT2D eigenvalue weighted by Crippen LogP contribution is -2.16. The molecule has 6 heteroatoms. The average molecular weight is 320 g/mol. The molecule has 0 aliphatic rings. The number of fused-ring (bicyclic) bond motifs is 1. The number of aryl methyl sites for hydroxylation is 1. The highest BCUT2D eigenvalue weighted by Gasteiger charge is 2.39. The fourth-order valence-electron chi connectivity index (χ4n) is 2.45. The summed E-state index contributed by atoms with van der Waals surface area (Å²) in [6.07, 6.45) is -4.84. The van der Waals surface area contributed by atoms with Crippen molar-refractivity contribution in [3.63, 3.8) is 0 Å². The van der Waals surface area contributed by atoms with Gasteiger partial charge in [-0.3, -0.25) is 4.79 Å². The maximum absolute atomic E-state index is 13.4. The molecule has 0 spiro atoms. The fourth-order valence-corrected chi connectivity index (χ4v) is 2.45. The van der Waals surface area contributed by atoms with E-state index in [-0.39, 0.29) is 27.8 Å². The van der Waals surface area contributed by atoms with E-state index in [1.807, 2.05) is 0 Å². The minimum absolute atomic E-state index is 0.00727. The molecule has 1 N–H and O–H groups in total. The van der Waals surface area contributed by atoms with Gasteiger partial charge < -0.3 is 9.52 Å². The summed E-state index contributed by atoms with van der Waals surface area (Å²) in [5.41, 5.74) is -1.36. The molecule has 2 aromatic carbocycles. The third kappa shape index (κ3) is 2.46. The minimum Gasteiger partial charge on any atom is -0.508 e. The van der Waals surface area contributed by atoms with E-state index >= 15 is 0 Å². The zero-order valence-corrected chi connectivity index (χ0v) is 11.9. The van der Waals surface area contributed by atoms with E-state index in [4.69, 9.17) is 4.42 Å². The second-order valence-electron chi connectivity index (χ2n) is 5.09. The van der Waals surface area contributed by atoms with Crippen LogP contribution < -0.4 is 5.43 Å². The van der Waals surface area contributed by atoms with Crippen LogP contribution in [0.4, 0.5) is 13.2 Å². The molecule has 0 saturated heterocycles. The number of aromatic hydroxyl groups is 1. The van der Waals surface area contributed by atoms with Crippen molar-refractivity contribution in [2.45, 2.75) is 13.1 Å². The Bertz CT molecular complexity index is 941. The van der Waals surface area contributed by atoms with E-state index in [1.54, 1.807) is 18.2 Å². The molecule has 0 fully saturated rings. The van der Waals surface area contributed by atoms with Gasteiger partial charge in [-0.15, -0.1) is 0 Å². The van der Waals surface area contributed by atoms with Crippen molar-refractivity contribution in [1.29, 1.82) is 0 Å². The zero-order chi connectivity index (χ0) is 16.8. The van der Waals surface area contributed by atoms with Crippen molar-refractivity contribution in [2.24, 2.45) is 0 Å². The van der Waals surface area contributed by atoms with Crippen LogP contribution in [0.2, 0.25) is 0 Å². The first-order valence-electron chi connectivity index (χ1n) is 6.72. The lowest BCUT2D eigenvalue weighted by atomic mass is 10.0. The Morgan fingerprint density at radius 1 is 1.04 bits per heavy atom. The largest absolute Gasteiger partial charge is 0.508 e. The Hall–Kier alpha value is -2.76. The summed E-state index contributed by atoms with van der Waals surface area (Å²) >= 11 is 0. The van der Waals surface area contributed by atoms with Gasteiger partial charge in [0.25, 0.3) is 0 Å². The van der Waals surface area contributed by atoms with Gasteiger partial charge in [0, 0.05) is 5.56 Å². The molecular weight excluding hydrogens is 309 g/mol. The second-order valence-corrected chi connectivity index (χ2v) is 5.09. The van der Waals surface area contributed by atoms with E-state index in [9.17, 15) is 23.1 Å². The summed E-state index contributed by atoms with van der Waals surface area (Å²) in [5.74, 6) is -1.60. The molecule has 0 saturated carbocycles. The van der Waals surface area contributed by atoms with Crippen LogP contribution in [0.25, 0.3) is 22.1 Å². The van der Waals surface area contributed by atoms with Gasteiger partial charge in [-0.05, 0) is 24.6 Å². The van der Waals surface area contributed by atoms with Crippen molar-refractivity contribution in [1.82, 2.24) is 0 Å². The predicted octanol–water partition coefficient (Wildman–Crippen LogP) is 4.49. The van der Waals surface area contributed by atoms with Gasteiger partial charge in [0.1, 0.15) is 11.3 Å². The first kappa shape index (κ1) is 15.1. The molecule has 3 aromatic rings. The van der Waals surface area contributed by atoms with Crippen LogP contribution in [0, 0.1) is 6.92 Å². The van der Waals surface area contributed by atoms with Crippen molar-refractivity contribution >= 4 is 11.0 Å². The van der Waals surface area contributed by atoms with E-state index < -0.39 is 22.9 Å². The highest BCUT2D eigenvalue weighted by molar-refractivity contribution is 5.86. The van der Waals surface area contributed by atoms with Crippen LogP contribution in [0.15, 0.2) is 51.7 Å².